The second-order valence-electron chi connectivity index (χ2n) is 5.82. The summed E-state index contributed by atoms with van der Waals surface area (Å²) in [5.74, 6) is -0.840. The van der Waals surface area contributed by atoms with Crippen LogP contribution in [-0.2, 0) is 9.53 Å². The van der Waals surface area contributed by atoms with Gasteiger partial charge in [0.15, 0.2) is 5.57 Å². The van der Waals surface area contributed by atoms with E-state index < -0.39 is 5.97 Å². The molecular formula is C17H21N3O3. The maximum Gasteiger partial charge on any atom is 0.350 e. The lowest BCUT2D eigenvalue weighted by molar-refractivity contribution is -0.138. The number of carbonyl (C=O) groups is 2. The summed E-state index contributed by atoms with van der Waals surface area (Å²) in [5.41, 5.74) is 0.744. The molecule has 6 nitrogen and oxygen atoms in total. The van der Waals surface area contributed by atoms with E-state index in [0.29, 0.717) is 11.3 Å². The molecule has 0 unspecified atom stereocenters. The Labute approximate surface area is 136 Å². The van der Waals surface area contributed by atoms with Gasteiger partial charge in [-0.2, -0.15) is 5.26 Å². The molecule has 0 saturated carbocycles. The molecule has 0 radical (unpaired) electrons. The van der Waals surface area contributed by atoms with Crippen molar-refractivity contribution in [3.63, 3.8) is 0 Å². The van der Waals surface area contributed by atoms with Crippen molar-refractivity contribution in [3.05, 3.63) is 41.6 Å². The van der Waals surface area contributed by atoms with Crippen molar-refractivity contribution in [2.24, 2.45) is 0 Å². The van der Waals surface area contributed by atoms with Crippen LogP contribution in [0.15, 0.2) is 36.0 Å². The zero-order chi connectivity index (χ0) is 17.5. The third-order valence-electron chi connectivity index (χ3n) is 2.63. The molecule has 0 aliphatic rings. The Balaban J connectivity index is 2.76. The van der Waals surface area contributed by atoms with Gasteiger partial charge in [0.1, 0.15) is 6.07 Å². The number of nitrogens with one attached hydrogen (secondary N) is 2. The topological polar surface area (TPSA) is 91.2 Å². The maximum atomic E-state index is 12.0. The maximum absolute atomic E-state index is 12.0. The number of nitriles is 1. The summed E-state index contributed by atoms with van der Waals surface area (Å²) in [6.45, 7) is 7.59. The van der Waals surface area contributed by atoms with Gasteiger partial charge in [0, 0.05) is 23.0 Å². The minimum atomic E-state index is -0.677. The van der Waals surface area contributed by atoms with Gasteiger partial charge in [0.05, 0.1) is 6.61 Å². The van der Waals surface area contributed by atoms with Crippen molar-refractivity contribution < 1.29 is 14.3 Å². The summed E-state index contributed by atoms with van der Waals surface area (Å²) in [5, 5.41) is 14.6. The number of ether oxygens (including phenoxy) is 1. The fraction of sp³-hybridized carbons (Fsp3) is 0.353. The summed E-state index contributed by atoms with van der Waals surface area (Å²) in [6.07, 6.45) is 1.28. The third kappa shape index (κ3) is 6.22. The van der Waals surface area contributed by atoms with Crippen LogP contribution >= 0.6 is 0 Å². The van der Waals surface area contributed by atoms with Gasteiger partial charge in [-0.1, -0.05) is 0 Å². The van der Waals surface area contributed by atoms with Gasteiger partial charge in [-0.3, -0.25) is 4.79 Å². The molecule has 0 saturated heterocycles. The molecule has 0 heterocycles. The highest BCUT2D eigenvalue weighted by molar-refractivity contribution is 5.95. The second kappa shape index (κ2) is 7.99. The predicted molar refractivity (Wildman–Crippen MR) is 87.6 cm³/mol. The zero-order valence-corrected chi connectivity index (χ0v) is 13.8. The number of carbonyl (C=O) groups excluding carboxylic acids is 2. The van der Waals surface area contributed by atoms with Crippen LogP contribution in [0.25, 0.3) is 0 Å². The van der Waals surface area contributed by atoms with Crippen LogP contribution in [0, 0.1) is 11.3 Å². The van der Waals surface area contributed by atoms with Crippen LogP contribution in [0.5, 0.6) is 0 Å². The summed E-state index contributed by atoms with van der Waals surface area (Å²) in [7, 11) is 0. The SMILES string of the molecule is CCOC(=O)/C(C#N)=C/Nc1ccc(C(=O)NC(C)(C)C)cc1. The Morgan fingerprint density at radius 2 is 1.87 bits per heavy atom. The van der Waals surface area contributed by atoms with Crippen LogP contribution < -0.4 is 10.6 Å². The normalized spacial score (nSPS) is 11.3. The monoisotopic (exact) mass is 315 g/mol. The van der Waals surface area contributed by atoms with Gasteiger partial charge >= 0.3 is 5.97 Å². The Kier molecular flexibility index (Phi) is 6.34. The molecule has 0 aliphatic heterocycles. The van der Waals surface area contributed by atoms with E-state index in [1.165, 1.54) is 6.20 Å². The van der Waals surface area contributed by atoms with Crippen molar-refractivity contribution in [2.75, 3.05) is 11.9 Å². The average molecular weight is 315 g/mol. The van der Waals surface area contributed by atoms with Gasteiger partial charge < -0.3 is 15.4 Å². The van der Waals surface area contributed by atoms with Crippen LogP contribution in [0.2, 0.25) is 0 Å². The van der Waals surface area contributed by atoms with Crippen LogP contribution in [-0.4, -0.2) is 24.0 Å². The summed E-state index contributed by atoms with van der Waals surface area (Å²) in [6, 6.07) is 8.47. The molecule has 0 fully saturated rings. The molecule has 1 aromatic rings. The van der Waals surface area contributed by atoms with E-state index in [4.69, 9.17) is 10.00 Å². The first-order chi connectivity index (χ1) is 10.8. The number of benzene rings is 1. The molecule has 23 heavy (non-hydrogen) atoms. The molecule has 2 N–H and O–H groups in total. The van der Waals surface area contributed by atoms with E-state index in [-0.39, 0.29) is 23.6 Å². The lowest BCUT2D eigenvalue weighted by Crippen LogP contribution is -2.40. The molecule has 122 valence electrons. The lowest BCUT2D eigenvalue weighted by Gasteiger charge is -2.20. The second-order valence-corrected chi connectivity index (χ2v) is 5.82. The fourth-order valence-electron chi connectivity index (χ4n) is 1.63. The number of hydrogen-bond acceptors (Lipinski definition) is 5. The van der Waals surface area contributed by atoms with Gasteiger partial charge in [-0.15, -0.1) is 0 Å². The zero-order valence-electron chi connectivity index (χ0n) is 13.8. The highest BCUT2D eigenvalue weighted by Crippen LogP contribution is 2.12. The molecule has 0 spiro atoms. The molecule has 1 aromatic carbocycles. The first-order valence-corrected chi connectivity index (χ1v) is 7.23. The quantitative estimate of drug-likeness (QED) is 0.495. The average Bonchev–Trinajstić information content (AvgIpc) is 2.47. The Bertz CT molecular complexity index is 635. The fourth-order valence-corrected chi connectivity index (χ4v) is 1.63. The largest absolute Gasteiger partial charge is 0.462 e. The predicted octanol–water partition coefficient (Wildman–Crippen LogP) is 2.60. The molecule has 0 atom stereocenters. The van der Waals surface area contributed by atoms with E-state index in [9.17, 15) is 9.59 Å². The number of nitrogens with zero attached hydrogens (tertiary/aromatic N) is 1. The van der Waals surface area contributed by atoms with Crippen molar-refractivity contribution in [1.29, 1.82) is 5.26 Å². The minimum absolute atomic E-state index is 0.124. The van der Waals surface area contributed by atoms with Crippen molar-refractivity contribution in [1.82, 2.24) is 5.32 Å². The molecule has 0 aliphatic carbocycles. The molecule has 0 bridgehead atoms. The first kappa shape index (κ1) is 18.2. The van der Waals surface area contributed by atoms with Crippen LogP contribution in [0.4, 0.5) is 5.69 Å². The molecule has 1 amide bonds. The summed E-state index contributed by atoms with van der Waals surface area (Å²) < 4.78 is 4.76. The molecule has 0 aromatic heterocycles. The van der Waals surface area contributed by atoms with Gasteiger partial charge in [-0.05, 0) is 52.0 Å². The van der Waals surface area contributed by atoms with Gasteiger partial charge in [0.2, 0.25) is 0 Å². The summed E-state index contributed by atoms with van der Waals surface area (Å²) >= 11 is 0. The van der Waals surface area contributed by atoms with Crippen LogP contribution in [0.3, 0.4) is 0 Å². The Morgan fingerprint density at radius 1 is 1.26 bits per heavy atom. The summed E-state index contributed by atoms with van der Waals surface area (Å²) in [4.78, 5) is 23.5. The highest BCUT2D eigenvalue weighted by Gasteiger charge is 2.15. The van der Waals surface area contributed by atoms with E-state index >= 15 is 0 Å². The number of anilines is 1. The van der Waals surface area contributed by atoms with Crippen molar-refractivity contribution in [3.8, 4) is 6.07 Å². The third-order valence-corrected chi connectivity index (χ3v) is 2.63. The number of hydrogen-bond donors (Lipinski definition) is 2. The van der Waals surface area contributed by atoms with Gasteiger partial charge in [-0.25, -0.2) is 4.79 Å². The molecule has 1 rings (SSSR count). The van der Waals surface area contributed by atoms with Crippen LogP contribution in [0.1, 0.15) is 38.1 Å². The van der Waals surface area contributed by atoms with Gasteiger partial charge in [0.25, 0.3) is 5.91 Å². The molecular weight excluding hydrogens is 294 g/mol. The van der Waals surface area contributed by atoms with E-state index in [1.54, 1.807) is 37.3 Å². The van der Waals surface area contributed by atoms with E-state index in [2.05, 4.69) is 10.6 Å². The lowest BCUT2D eigenvalue weighted by atomic mass is 10.1. The number of esters is 1. The smallest absolute Gasteiger partial charge is 0.350 e. The first-order valence-electron chi connectivity index (χ1n) is 7.23. The minimum Gasteiger partial charge on any atom is -0.462 e. The van der Waals surface area contributed by atoms with E-state index in [0.717, 1.165) is 0 Å². The molecule has 6 heteroatoms. The Hall–Kier alpha value is -2.81. The van der Waals surface area contributed by atoms with Crippen molar-refractivity contribution in [2.45, 2.75) is 33.2 Å². The van der Waals surface area contributed by atoms with Crippen molar-refractivity contribution >= 4 is 17.6 Å². The Morgan fingerprint density at radius 3 is 2.35 bits per heavy atom. The standard InChI is InChI=1S/C17H21N3O3/c1-5-23-16(22)13(10-18)11-19-14-8-6-12(7-9-14)15(21)20-17(2,3)4/h6-9,11,19H,5H2,1-4H3,(H,20,21)/b13-11+. The highest BCUT2D eigenvalue weighted by atomic mass is 16.5. The number of rotatable bonds is 5. The van der Waals surface area contributed by atoms with E-state index in [1.807, 2.05) is 20.8 Å². The number of amides is 1.